The van der Waals surface area contributed by atoms with Gasteiger partial charge in [0.05, 0.1) is 12.1 Å². The van der Waals surface area contributed by atoms with Gasteiger partial charge in [0, 0.05) is 11.8 Å². The van der Waals surface area contributed by atoms with E-state index >= 15 is 0 Å². The van der Waals surface area contributed by atoms with E-state index in [-0.39, 0.29) is 12.2 Å². The van der Waals surface area contributed by atoms with Gasteiger partial charge in [-0.15, -0.1) is 0 Å². The van der Waals surface area contributed by atoms with Crippen LogP contribution >= 0.6 is 0 Å². The minimum absolute atomic E-state index is 0.00269. The standard InChI is InChI=1S/C10H9NO4/c12-6-1-3-9-7(5-6)8(11-15-9)2-4-10(13)14/h1,3,5,12H,2,4H2,(H,13,14). The molecule has 0 bridgehead atoms. The van der Waals surface area contributed by atoms with E-state index in [0.29, 0.717) is 23.1 Å². The molecule has 1 aromatic carbocycles. The van der Waals surface area contributed by atoms with Crippen molar-refractivity contribution in [3.8, 4) is 5.75 Å². The first-order valence-corrected chi connectivity index (χ1v) is 4.46. The zero-order valence-electron chi connectivity index (χ0n) is 7.80. The van der Waals surface area contributed by atoms with Gasteiger partial charge in [0.15, 0.2) is 5.58 Å². The average Bonchev–Trinajstić information content (AvgIpc) is 2.57. The predicted octanol–water partition coefficient (Wildman–Crippen LogP) is 1.55. The van der Waals surface area contributed by atoms with E-state index in [0.717, 1.165) is 0 Å². The number of benzene rings is 1. The Hall–Kier alpha value is -2.04. The number of carbonyl (C=O) groups is 1. The van der Waals surface area contributed by atoms with Crippen molar-refractivity contribution in [3.63, 3.8) is 0 Å². The number of phenols is 1. The summed E-state index contributed by atoms with van der Waals surface area (Å²) in [5.74, 6) is -0.770. The first-order chi connectivity index (χ1) is 7.16. The fraction of sp³-hybridized carbons (Fsp3) is 0.200. The summed E-state index contributed by atoms with van der Waals surface area (Å²) in [7, 11) is 0. The molecule has 2 aromatic rings. The lowest BCUT2D eigenvalue weighted by Gasteiger charge is -1.93. The van der Waals surface area contributed by atoms with Gasteiger partial charge in [-0.25, -0.2) is 0 Å². The molecular formula is C10H9NO4. The maximum atomic E-state index is 10.4. The number of phenolic OH excluding ortho intramolecular Hbond substituents is 1. The van der Waals surface area contributed by atoms with Gasteiger partial charge in [-0.2, -0.15) is 0 Å². The van der Waals surface area contributed by atoms with Crippen molar-refractivity contribution >= 4 is 16.9 Å². The number of aliphatic carboxylic acids is 1. The van der Waals surface area contributed by atoms with Crippen LogP contribution in [0, 0.1) is 0 Å². The Morgan fingerprint density at radius 3 is 3.00 bits per heavy atom. The van der Waals surface area contributed by atoms with Crippen LogP contribution in [-0.4, -0.2) is 21.3 Å². The molecule has 0 unspecified atom stereocenters. The van der Waals surface area contributed by atoms with Gasteiger partial charge >= 0.3 is 5.97 Å². The Kier molecular flexibility index (Phi) is 2.29. The monoisotopic (exact) mass is 207 g/mol. The second kappa shape index (κ2) is 3.61. The molecule has 2 rings (SSSR count). The summed E-state index contributed by atoms with van der Waals surface area (Å²) in [6, 6.07) is 4.61. The second-order valence-electron chi connectivity index (χ2n) is 3.20. The van der Waals surface area contributed by atoms with Crippen molar-refractivity contribution in [2.24, 2.45) is 0 Å². The molecule has 0 spiro atoms. The molecule has 0 aliphatic rings. The van der Waals surface area contributed by atoms with Crippen LogP contribution in [0.5, 0.6) is 5.75 Å². The van der Waals surface area contributed by atoms with Crippen LogP contribution < -0.4 is 0 Å². The first-order valence-electron chi connectivity index (χ1n) is 4.46. The van der Waals surface area contributed by atoms with E-state index in [2.05, 4.69) is 5.16 Å². The van der Waals surface area contributed by atoms with Crippen LogP contribution in [0.15, 0.2) is 22.7 Å². The van der Waals surface area contributed by atoms with Crippen LogP contribution in [0.25, 0.3) is 11.0 Å². The lowest BCUT2D eigenvalue weighted by Crippen LogP contribution is -1.97. The van der Waals surface area contributed by atoms with Crippen LogP contribution in [0.3, 0.4) is 0 Å². The zero-order valence-corrected chi connectivity index (χ0v) is 7.80. The van der Waals surface area contributed by atoms with Crippen molar-refractivity contribution in [1.82, 2.24) is 5.16 Å². The lowest BCUT2D eigenvalue weighted by molar-refractivity contribution is -0.136. The minimum Gasteiger partial charge on any atom is -0.508 e. The number of aryl methyl sites for hydroxylation is 1. The number of carboxylic acids is 1. The largest absolute Gasteiger partial charge is 0.508 e. The van der Waals surface area contributed by atoms with Crippen LogP contribution in [-0.2, 0) is 11.2 Å². The Morgan fingerprint density at radius 2 is 2.27 bits per heavy atom. The van der Waals surface area contributed by atoms with Crippen molar-refractivity contribution < 1.29 is 19.5 Å². The van der Waals surface area contributed by atoms with E-state index < -0.39 is 5.97 Å². The van der Waals surface area contributed by atoms with E-state index in [1.54, 1.807) is 6.07 Å². The summed E-state index contributed by atoms with van der Waals surface area (Å²) in [5.41, 5.74) is 1.11. The highest BCUT2D eigenvalue weighted by atomic mass is 16.5. The van der Waals surface area contributed by atoms with Gasteiger partial charge in [0.25, 0.3) is 0 Å². The summed E-state index contributed by atoms with van der Waals surface area (Å²) in [5, 5.41) is 22.2. The quantitative estimate of drug-likeness (QED) is 0.797. The predicted molar refractivity (Wildman–Crippen MR) is 51.6 cm³/mol. The zero-order chi connectivity index (χ0) is 10.8. The summed E-state index contributed by atoms with van der Waals surface area (Å²) in [6.45, 7) is 0. The SMILES string of the molecule is O=C(O)CCc1noc2ccc(O)cc12. The fourth-order valence-corrected chi connectivity index (χ4v) is 1.38. The summed E-state index contributed by atoms with van der Waals surface area (Å²) >= 11 is 0. The van der Waals surface area contributed by atoms with E-state index in [1.807, 2.05) is 0 Å². The third-order valence-electron chi connectivity index (χ3n) is 2.10. The molecule has 5 heteroatoms. The second-order valence-corrected chi connectivity index (χ2v) is 3.20. The van der Waals surface area contributed by atoms with Crippen molar-refractivity contribution in [3.05, 3.63) is 23.9 Å². The number of fused-ring (bicyclic) bond motifs is 1. The van der Waals surface area contributed by atoms with Crippen molar-refractivity contribution in [2.75, 3.05) is 0 Å². The van der Waals surface area contributed by atoms with E-state index in [1.165, 1.54) is 12.1 Å². The van der Waals surface area contributed by atoms with Gasteiger partial charge in [-0.3, -0.25) is 4.79 Å². The highest BCUT2D eigenvalue weighted by Crippen LogP contribution is 2.23. The fourth-order valence-electron chi connectivity index (χ4n) is 1.38. The van der Waals surface area contributed by atoms with Gasteiger partial charge < -0.3 is 14.7 Å². The van der Waals surface area contributed by atoms with Gasteiger partial charge in [-0.05, 0) is 18.2 Å². The Balaban J connectivity index is 2.35. The molecule has 2 N–H and O–H groups in total. The smallest absolute Gasteiger partial charge is 0.303 e. The number of hydrogen-bond donors (Lipinski definition) is 2. The number of nitrogens with zero attached hydrogens (tertiary/aromatic N) is 1. The molecule has 0 amide bonds. The molecule has 0 saturated carbocycles. The topological polar surface area (TPSA) is 83.6 Å². The third kappa shape index (κ3) is 1.90. The number of aromatic hydroxyl groups is 1. The number of carboxylic acid groups (broad SMARTS) is 1. The molecule has 0 aliphatic heterocycles. The lowest BCUT2D eigenvalue weighted by atomic mass is 10.1. The van der Waals surface area contributed by atoms with Crippen molar-refractivity contribution in [2.45, 2.75) is 12.8 Å². The minimum atomic E-state index is -0.883. The van der Waals surface area contributed by atoms with E-state index in [9.17, 15) is 9.90 Å². The molecule has 0 radical (unpaired) electrons. The Labute approximate surface area is 84.9 Å². The molecule has 0 saturated heterocycles. The summed E-state index contributed by atoms with van der Waals surface area (Å²) in [4.78, 5) is 10.4. The number of rotatable bonds is 3. The first kappa shape index (κ1) is 9.51. The molecule has 1 aromatic heterocycles. The third-order valence-corrected chi connectivity index (χ3v) is 2.10. The number of aromatic nitrogens is 1. The molecule has 15 heavy (non-hydrogen) atoms. The maximum absolute atomic E-state index is 10.4. The van der Waals surface area contributed by atoms with E-state index in [4.69, 9.17) is 9.63 Å². The van der Waals surface area contributed by atoms with Crippen molar-refractivity contribution in [1.29, 1.82) is 0 Å². The van der Waals surface area contributed by atoms with Crippen LogP contribution in [0.4, 0.5) is 0 Å². The maximum Gasteiger partial charge on any atom is 0.303 e. The van der Waals surface area contributed by atoms with Gasteiger partial charge in [0.2, 0.25) is 0 Å². The molecule has 0 aliphatic carbocycles. The normalized spacial score (nSPS) is 10.7. The Bertz CT molecular complexity index is 503. The highest BCUT2D eigenvalue weighted by Gasteiger charge is 2.10. The molecule has 1 heterocycles. The van der Waals surface area contributed by atoms with Crippen LogP contribution in [0.1, 0.15) is 12.1 Å². The summed E-state index contributed by atoms with van der Waals surface area (Å²) in [6.07, 6.45) is 0.295. The molecule has 5 nitrogen and oxygen atoms in total. The van der Waals surface area contributed by atoms with Gasteiger partial charge in [0.1, 0.15) is 5.75 Å². The highest BCUT2D eigenvalue weighted by molar-refractivity contribution is 5.81. The molecular weight excluding hydrogens is 198 g/mol. The number of hydrogen-bond acceptors (Lipinski definition) is 4. The van der Waals surface area contributed by atoms with Gasteiger partial charge in [-0.1, -0.05) is 5.16 Å². The van der Waals surface area contributed by atoms with Crippen LogP contribution in [0.2, 0.25) is 0 Å². The Morgan fingerprint density at radius 1 is 1.47 bits per heavy atom. The molecule has 0 atom stereocenters. The molecule has 78 valence electrons. The average molecular weight is 207 g/mol. The summed E-state index contributed by atoms with van der Waals surface area (Å²) < 4.78 is 4.98. The molecule has 0 fully saturated rings.